The minimum atomic E-state index is -5.38. The lowest BCUT2D eigenvalue weighted by Gasteiger charge is -2.25. The number of anilines is 1. The summed E-state index contributed by atoms with van der Waals surface area (Å²) in [7, 11) is 1.32. The predicted octanol–water partition coefficient (Wildman–Crippen LogP) is 4.06. The highest BCUT2D eigenvalue weighted by molar-refractivity contribution is 6.00. The molecule has 0 bridgehead atoms. The number of nitrogens with two attached hydrogens (primary N) is 1. The van der Waals surface area contributed by atoms with Gasteiger partial charge in [-0.2, -0.15) is 13.2 Å². The topological polar surface area (TPSA) is 128 Å². The number of alkyl halides is 3. The Bertz CT molecular complexity index is 1330. The van der Waals surface area contributed by atoms with Gasteiger partial charge in [-0.1, -0.05) is 36.4 Å². The van der Waals surface area contributed by atoms with E-state index in [-0.39, 0.29) is 40.8 Å². The Balaban J connectivity index is 2.15. The van der Waals surface area contributed by atoms with Crippen LogP contribution in [-0.2, 0) is 19.2 Å². The summed E-state index contributed by atoms with van der Waals surface area (Å²) in [5, 5.41) is 9.53. The summed E-state index contributed by atoms with van der Waals surface area (Å²) < 4.78 is 49.7. The molecule has 3 aromatic rings. The summed E-state index contributed by atoms with van der Waals surface area (Å²) in [6, 6.07) is 16.9. The van der Waals surface area contributed by atoms with Crippen LogP contribution in [0.1, 0.15) is 10.4 Å². The first-order chi connectivity index (χ1) is 18.1. The number of hydroxylamine groups is 1. The number of carboxylic acids is 1. The lowest BCUT2D eigenvalue weighted by atomic mass is 9.96. The number of hydrogen-bond donors (Lipinski definition) is 2. The van der Waals surface area contributed by atoms with Gasteiger partial charge in [-0.3, -0.25) is 4.79 Å². The summed E-state index contributed by atoms with van der Waals surface area (Å²) in [5.41, 5.74) is 6.79. The van der Waals surface area contributed by atoms with E-state index in [0.717, 1.165) is 0 Å². The smallest absolute Gasteiger partial charge is 0.493 e. The number of carbonyl (C=O) groups excluding carboxylic acids is 2. The number of methoxy groups -OCH3 is 1. The van der Waals surface area contributed by atoms with Crippen molar-refractivity contribution in [3.8, 4) is 28.0 Å². The predicted molar refractivity (Wildman–Crippen MR) is 130 cm³/mol. The Morgan fingerprint density at radius 3 is 2.21 bits per heavy atom. The number of amides is 1. The molecule has 1 amide bonds. The highest BCUT2D eigenvalue weighted by Gasteiger charge is 2.44. The summed E-state index contributed by atoms with van der Waals surface area (Å²) in [5.74, 6) is -4.68. The minimum Gasteiger partial charge on any atom is -0.496 e. The molecule has 0 atom stereocenters. The van der Waals surface area contributed by atoms with Crippen molar-refractivity contribution in [1.82, 2.24) is 0 Å². The molecule has 0 aliphatic heterocycles. The average Bonchev–Trinajstić information content (AvgIpc) is 2.90. The number of nitrogens with zero attached hydrogens (tertiary/aromatic N) is 1. The summed E-state index contributed by atoms with van der Waals surface area (Å²) in [6.07, 6.45) is -5.38. The second-order valence-corrected chi connectivity index (χ2v) is 7.73. The van der Waals surface area contributed by atoms with Gasteiger partial charge in [0.2, 0.25) is 0 Å². The maximum absolute atomic E-state index is 13.1. The van der Waals surface area contributed by atoms with Crippen LogP contribution in [0.25, 0.3) is 22.3 Å². The van der Waals surface area contributed by atoms with E-state index in [1.165, 1.54) is 37.4 Å². The first kappa shape index (κ1) is 28.2. The molecule has 12 heteroatoms. The third-order valence-corrected chi connectivity index (χ3v) is 5.16. The van der Waals surface area contributed by atoms with Crippen molar-refractivity contribution in [1.29, 1.82) is 0 Å². The van der Waals surface area contributed by atoms with Crippen LogP contribution in [0.2, 0.25) is 0 Å². The molecule has 0 aliphatic carbocycles. The van der Waals surface area contributed by atoms with Crippen LogP contribution < -0.4 is 15.5 Å². The number of halogens is 3. The summed E-state index contributed by atoms with van der Waals surface area (Å²) >= 11 is 0. The van der Waals surface area contributed by atoms with Crippen LogP contribution in [0.15, 0.2) is 66.7 Å². The van der Waals surface area contributed by atoms with Gasteiger partial charge >= 0.3 is 18.1 Å². The average molecular weight is 532 g/mol. The SMILES string of the molecule is COc1cccc(N(OC(=O)C(F)(F)F)C(=O)COCCN)c1-c1cccc(-c2cccc(C(=O)O)c2)c1. The third kappa shape index (κ3) is 6.66. The Labute approximate surface area is 215 Å². The second-order valence-electron chi connectivity index (χ2n) is 7.73. The van der Waals surface area contributed by atoms with Gasteiger partial charge in [0.15, 0.2) is 0 Å². The van der Waals surface area contributed by atoms with Crippen LogP contribution >= 0.6 is 0 Å². The van der Waals surface area contributed by atoms with E-state index < -0.39 is 30.6 Å². The van der Waals surface area contributed by atoms with Crippen LogP contribution in [-0.4, -0.2) is 56.0 Å². The fraction of sp³-hybridized carbons (Fsp3) is 0.192. The Morgan fingerprint density at radius 1 is 0.947 bits per heavy atom. The zero-order valence-electron chi connectivity index (χ0n) is 20.0. The summed E-state index contributed by atoms with van der Waals surface area (Å²) in [6.45, 7) is -0.730. The minimum absolute atomic E-state index is 0.0515. The number of rotatable bonds is 9. The Hall–Kier alpha value is -4.42. The Kier molecular flexibility index (Phi) is 9.05. The monoisotopic (exact) mass is 532 g/mol. The molecule has 3 N–H and O–H groups in total. The molecule has 0 radical (unpaired) electrons. The van der Waals surface area contributed by atoms with E-state index in [2.05, 4.69) is 4.84 Å². The molecule has 0 saturated heterocycles. The first-order valence-electron chi connectivity index (χ1n) is 11.1. The molecule has 0 saturated carbocycles. The molecule has 9 nitrogen and oxygen atoms in total. The van der Waals surface area contributed by atoms with Crippen molar-refractivity contribution < 1.29 is 47.0 Å². The molecule has 0 fully saturated rings. The van der Waals surface area contributed by atoms with E-state index in [9.17, 15) is 32.7 Å². The van der Waals surface area contributed by atoms with Gasteiger partial charge in [-0.05, 0) is 47.0 Å². The standard InChI is InChI=1S/C26H23F3N2O7/c1-36-21-10-4-9-20(31(22(32)15-37-12-11-30)38-25(35)26(27,28)29)23(21)18-7-2-5-16(13-18)17-6-3-8-19(14-17)24(33)34/h2-10,13-14H,11-12,15,30H2,1H3,(H,33,34). The molecule has 0 heterocycles. The molecule has 0 aliphatic rings. The van der Waals surface area contributed by atoms with Gasteiger partial charge in [-0.15, -0.1) is 5.06 Å². The number of carboxylic acid groups (broad SMARTS) is 1. The van der Waals surface area contributed by atoms with Crippen molar-refractivity contribution in [3.05, 3.63) is 72.3 Å². The highest BCUT2D eigenvalue weighted by atomic mass is 19.4. The lowest BCUT2D eigenvalue weighted by molar-refractivity contribution is -0.202. The van der Waals surface area contributed by atoms with Gasteiger partial charge in [0.25, 0.3) is 5.91 Å². The number of carbonyl (C=O) groups is 3. The van der Waals surface area contributed by atoms with Gasteiger partial charge in [0, 0.05) is 6.54 Å². The molecule has 0 unspecified atom stereocenters. The highest BCUT2D eigenvalue weighted by Crippen LogP contribution is 2.41. The van der Waals surface area contributed by atoms with Crippen molar-refractivity contribution in [2.45, 2.75) is 6.18 Å². The summed E-state index contributed by atoms with van der Waals surface area (Å²) in [4.78, 5) is 40.5. The molecule has 38 heavy (non-hydrogen) atoms. The number of ether oxygens (including phenoxy) is 2. The van der Waals surface area contributed by atoms with E-state index in [1.54, 1.807) is 36.4 Å². The molecule has 0 aromatic heterocycles. The van der Waals surface area contributed by atoms with E-state index in [4.69, 9.17) is 15.2 Å². The Morgan fingerprint density at radius 2 is 1.58 bits per heavy atom. The van der Waals surface area contributed by atoms with Crippen LogP contribution in [0.3, 0.4) is 0 Å². The fourth-order valence-electron chi connectivity index (χ4n) is 3.51. The van der Waals surface area contributed by atoms with Crippen molar-refractivity contribution in [3.63, 3.8) is 0 Å². The van der Waals surface area contributed by atoms with Crippen molar-refractivity contribution in [2.75, 3.05) is 31.9 Å². The number of hydrogen-bond acceptors (Lipinski definition) is 7. The van der Waals surface area contributed by atoms with Crippen LogP contribution in [0.4, 0.5) is 18.9 Å². The van der Waals surface area contributed by atoms with Gasteiger partial charge < -0.3 is 25.2 Å². The lowest BCUT2D eigenvalue weighted by Crippen LogP contribution is -2.41. The maximum atomic E-state index is 13.1. The number of benzene rings is 3. The van der Waals surface area contributed by atoms with Crippen LogP contribution in [0, 0.1) is 0 Å². The normalized spacial score (nSPS) is 11.1. The van der Waals surface area contributed by atoms with Crippen molar-refractivity contribution >= 4 is 23.5 Å². The van der Waals surface area contributed by atoms with Crippen molar-refractivity contribution in [2.24, 2.45) is 5.73 Å². The molecule has 200 valence electrons. The first-order valence-corrected chi connectivity index (χ1v) is 11.1. The number of aromatic carboxylic acids is 1. The van der Waals surface area contributed by atoms with Gasteiger partial charge in [-0.25, -0.2) is 9.59 Å². The second kappa shape index (κ2) is 12.2. The molecule has 0 spiro atoms. The quantitative estimate of drug-likeness (QED) is 0.312. The van der Waals surface area contributed by atoms with E-state index in [1.807, 2.05) is 0 Å². The van der Waals surface area contributed by atoms with Gasteiger partial charge in [0.05, 0.1) is 30.5 Å². The van der Waals surface area contributed by atoms with E-state index >= 15 is 0 Å². The molecule has 3 aromatic carbocycles. The fourth-order valence-corrected chi connectivity index (χ4v) is 3.51. The molecular formula is C26H23F3N2O7. The zero-order chi connectivity index (χ0) is 27.9. The van der Waals surface area contributed by atoms with Crippen LogP contribution in [0.5, 0.6) is 5.75 Å². The van der Waals surface area contributed by atoms with E-state index in [0.29, 0.717) is 16.7 Å². The maximum Gasteiger partial charge on any atom is 0.493 e. The molecular weight excluding hydrogens is 509 g/mol. The largest absolute Gasteiger partial charge is 0.496 e. The third-order valence-electron chi connectivity index (χ3n) is 5.16. The van der Waals surface area contributed by atoms with Gasteiger partial charge in [0.1, 0.15) is 12.4 Å². The zero-order valence-corrected chi connectivity index (χ0v) is 20.0. The molecule has 3 rings (SSSR count).